The minimum absolute atomic E-state index is 0.126. The summed E-state index contributed by atoms with van der Waals surface area (Å²) in [5.74, 6) is 2.89. The van der Waals surface area contributed by atoms with E-state index in [1.165, 1.54) is 0 Å². The molecule has 1 saturated heterocycles. The zero-order valence-corrected chi connectivity index (χ0v) is 16.5. The van der Waals surface area contributed by atoms with Gasteiger partial charge in [0.1, 0.15) is 0 Å². The van der Waals surface area contributed by atoms with Gasteiger partial charge in [0.05, 0.1) is 26.9 Å². The molecule has 3 unspecified atom stereocenters. The molecule has 1 aliphatic heterocycles. The number of fused-ring (bicyclic) bond motifs is 1. The average molecular weight is 361 g/mol. The molecule has 0 aromatic heterocycles. The Morgan fingerprint density at radius 1 is 1.27 bits per heavy atom. The van der Waals surface area contributed by atoms with E-state index in [-0.39, 0.29) is 5.41 Å². The molecular weight excluding hydrogens is 330 g/mol. The number of ether oxygens (including phenoxy) is 3. The predicted octanol–water partition coefficient (Wildman–Crippen LogP) is 2.57. The van der Waals surface area contributed by atoms with Crippen LogP contribution in [0.4, 0.5) is 0 Å². The predicted molar refractivity (Wildman–Crippen MR) is 103 cm³/mol. The molecule has 1 heterocycles. The fourth-order valence-electron chi connectivity index (χ4n) is 4.23. The summed E-state index contributed by atoms with van der Waals surface area (Å²) in [4.78, 5) is 4.77. The summed E-state index contributed by atoms with van der Waals surface area (Å²) in [7, 11) is 3.29. The number of methoxy groups -OCH3 is 2. The molecule has 1 saturated carbocycles. The molecule has 0 radical (unpaired) electrons. The van der Waals surface area contributed by atoms with Crippen molar-refractivity contribution in [3.63, 3.8) is 0 Å². The van der Waals surface area contributed by atoms with Gasteiger partial charge in [-0.1, -0.05) is 19.9 Å². The number of rotatable bonds is 6. The van der Waals surface area contributed by atoms with Crippen LogP contribution in [0.15, 0.2) is 23.2 Å². The van der Waals surface area contributed by atoms with E-state index in [0.29, 0.717) is 24.6 Å². The minimum atomic E-state index is 0.126. The third-order valence-electron chi connectivity index (χ3n) is 5.60. The molecule has 0 amide bonds. The molecule has 3 rings (SSSR count). The maximum Gasteiger partial charge on any atom is 0.191 e. The Labute approximate surface area is 156 Å². The molecule has 3 atom stereocenters. The Kier molecular flexibility index (Phi) is 5.61. The van der Waals surface area contributed by atoms with Gasteiger partial charge >= 0.3 is 0 Å². The van der Waals surface area contributed by atoms with Crippen molar-refractivity contribution in [2.24, 2.45) is 16.3 Å². The van der Waals surface area contributed by atoms with E-state index < -0.39 is 0 Å². The Morgan fingerprint density at radius 2 is 2.04 bits per heavy atom. The third kappa shape index (κ3) is 3.47. The van der Waals surface area contributed by atoms with Crippen LogP contribution in [-0.2, 0) is 11.3 Å². The first-order chi connectivity index (χ1) is 12.5. The first kappa shape index (κ1) is 18.8. The van der Waals surface area contributed by atoms with Crippen LogP contribution in [0.2, 0.25) is 0 Å². The molecule has 26 heavy (non-hydrogen) atoms. The van der Waals surface area contributed by atoms with E-state index in [1.54, 1.807) is 14.2 Å². The molecule has 6 heteroatoms. The maximum atomic E-state index is 5.89. The van der Waals surface area contributed by atoms with E-state index in [9.17, 15) is 0 Å². The van der Waals surface area contributed by atoms with Gasteiger partial charge in [-0.15, -0.1) is 0 Å². The Hall–Kier alpha value is -1.95. The lowest BCUT2D eigenvalue weighted by Crippen LogP contribution is -2.67. The van der Waals surface area contributed by atoms with Crippen LogP contribution in [0.5, 0.6) is 11.5 Å². The van der Waals surface area contributed by atoms with Crippen LogP contribution in [0.25, 0.3) is 0 Å². The van der Waals surface area contributed by atoms with E-state index in [4.69, 9.17) is 19.2 Å². The van der Waals surface area contributed by atoms with Crippen molar-refractivity contribution in [2.75, 3.05) is 27.4 Å². The summed E-state index contributed by atoms with van der Waals surface area (Å²) in [5, 5.41) is 7.00. The average Bonchev–Trinajstić information content (AvgIpc) is 3.10. The summed E-state index contributed by atoms with van der Waals surface area (Å²) in [6.07, 6.45) is 1.50. The van der Waals surface area contributed by atoms with Crippen LogP contribution in [0, 0.1) is 11.3 Å². The van der Waals surface area contributed by atoms with Crippen molar-refractivity contribution in [1.29, 1.82) is 0 Å². The second-order valence-corrected chi connectivity index (χ2v) is 7.57. The number of hydrogen-bond acceptors (Lipinski definition) is 4. The fraction of sp³-hybridized carbons (Fsp3) is 0.650. The topological polar surface area (TPSA) is 64.1 Å². The number of nitrogens with one attached hydrogen (secondary N) is 2. The Morgan fingerprint density at radius 3 is 2.73 bits per heavy atom. The smallest absolute Gasteiger partial charge is 0.191 e. The second kappa shape index (κ2) is 7.74. The van der Waals surface area contributed by atoms with E-state index in [1.807, 2.05) is 18.2 Å². The molecule has 1 aromatic rings. The molecular formula is C20H31N3O3. The Bertz CT molecular complexity index is 660. The maximum absolute atomic E-state index is 5.89. The molecule has 2 N–H and O–H groups in total. The molecule has 2 fully saturated rings. The zero-order chi connectivity index (χ0) is 18.7. The number of aliphatic imine (C=N–C) groups is 1. The second-order valence-electron chi connectivity index (χ2n) is 7.57. The molecule has 2 aliphatic rings. The summed E-state index contributed by atoms with van der Waals surface area (Å²) in [6, 6.07) is 6.29. The normalized spacial score (nSPS) is 26.7. The molecule has 1 aromatic carbocycles. The molecule has 1 aliphatic carbocycles. The summed E-state index contributed by atoms with van der Waals surface area (Å²) in [5.41, 5.74) is 1.20. The lowest BCUT2D eigenvalue weighted by molar-refractivity contribution is -0.106. The quantitative estimate of drug-likeness (QED) is 0.602. The molecule has 0 bridgehead atoms. The summed E-state index contributed by atoms with van der Waals surface area (Å²) < 4.78 is 16.6. The van der Waals surface area contributed by atoms with Gasteiger partial charge in [-0.05, 0) is 31.0 Å². The number of guanidine groups is 1. The van der Waals surface area contributed by atoms with Crippen molar-refractivity contribution in [3.05, 3.63) is 23.8 Å². The summed E-state index contributed by atoms with van der Waals surface area (Å²) in [6.45, 7) is 8.91. The third-order valence-corrected chi connectivity index (χ3v) is 5.60. The van der Waals surface area contributed by atoms with Crippen LogP contribution in [-0.4, -0.2) is 45.5 Å². The monoisotopic (exact) mass is 361 g/mol. The first-order valence-electron chi connectivity index (χ1n) is 9.38. The van der Waals surface area contributed by atoms with Gasteiger partial charge in [-0.25, -0.2) is 4.99 Å². The van der Waals surface area contributed by atoms with Crippen molar-refractivity contribution in [1.82, 2.24) is 10.6 Å². The van der Waals surface area contributed by atoms with Crippen molar-refractivity contribution in [3.8, 4) is 11.5 Å². The van der Waals surface area contributed by atoms with Gasteiger partial charge in [-0.2, -0.15) is 0 Å². The van der Waals surface area contributed by atoms with Crippen LogP contribution >= 0.6 is 0 Å². The number of benzene rings is 1. The highest BCUT2D eigenvalue weighted by Crippen LogP contribution is 2.52. The SMILES string of the molecule is CCNC(=NCc1ccc(OC)c(OC)c1)NC1C2CCOC2C1(C)C. The van der Waals surface area contributed by atoms with Crippen molar-refractivity contribution < 1.29 is 14.2 Å². The van der Waals surface area contributed by atoms with Gasteiger partial charge in [-0.3, -0.25) is 0 Å². The molecule has 144 valence electrons. The van der Waals surface area contributed by atoms with Crippen LogP contribution in [0.3, 0.4) is 0 Å². The van der Waals surface area contributed by atoms with Gasteiger partial charge < -0.3 is 24.8 Å². The highest BCUT2D eigenvalue weighted by Gasteiger charge is 2.59. The minimum Gasteiger partial charge on any atom is -0.493 e. The number of nitrogens with zero attached hydrogens (tertiary/aromatic N) is 1. The van der Waals surface area contributed by atoms with Crippen LogP contribution in [0.1, 0.15) is 32.8 Å². The van der Waals surface area contributed by atoms with E-state index in [0.717, 1.165) is 42.6 Å². The van der Waals surface area contributed by atoms with Crippen LogP contribution < -0.4 is 20.1 Å². The van der Waals surface area contributed by atoms with Gasteiger partial charge in [0, 0.05) is 30.5 Å². The molecule has 6 nitrogen and oxygen atoms in total. The van der Waals surface area contributed by atoms with Crippen molar-refractivity contribution >= 4 is 5.96 Å². The van der Waals surface area contributed by atoms with E-state index in [2.05, 4.69) is 31.4 Å². The lowest BCUT2D eigenvalue weighted by Gasteiger charge is -2.54. The highest BCUT2D eigenvalue weighted by atomic mass is 16.5. The molecule has 0 spiro atoms. The largest absolute Gasteiger partial charge is 0.493 e. The van der Waals surface area contributed by atoms with Gasteiger partial charge in [0.15, 0.2) is 17.5 Å². The highest BCUT2D eigenvalue weighted by molar-refractivity contribution is 5.80. The number of hydrogen-bond donors (Lipinski definition) is 2. The lowest BCUT2D eigenvalue weighted by atomic mass is 9.57. The van der Waals surface area contributed by atoms with Gasteiger partial charge in [0.25, 0.3) is 0 Å². The zero-order valence-electron chi connectivity index (χ0n) is 16.5. The van der Waals surface area contributed by atoms with Gasteiger partial charge in [0.2, 0.25) is 0 Å². The standard InChI is InChI=1S/C20H31N3O3/c1-6-21-19(23-17-14-9-10-26-18(14)20(17,2)3)22-12-13-7-8-15(24-4)16(11-13)25-5/h7-8,11,14,17-18H,6,9-10,12H2,1-5H3,(H2,21,22,23). The Balaban J connectivity index is 1.70. The fourth-order valence-corrected chi connectivity index (χ4v) is 4.23. The van der Waals surface area contributed by atoms with E-state index >= 15 is 0 Å². The van der Waals surface area contributed by atoms with Crippen molar-refractivity contribution in [2.45, 2.75) is 45.9 Å². The first-order valence-corrected chi connectivity index (χ1v) is 9.38. The summed E-state index contributed by atoms with van der Waals surface area (Å²) >= 11 is 0.